The third-order valence-electron chi connectivity index (χ3n) is 3.14. The lowest BCUT2D eigenvalue weighted by Gasteiger charge is -2.10. The molecule has 0 unspecified atom stereocenters. The van der Waals surface area contributed by atoms with Crippen LogP contribution in [0.5, 0.6) is 23.0 Å². The van der Waals surface area contributed by atoms with Gasteiger partial charge in [-0.3, -0.25) is 4.79 Å². The summed E-state index contributed by atoms with van der Waals surface area (Å²) in [4.78, 5) is 12.0. The zero-order chi connectivity index (χ0) is 16.1. The van der Waals surface area contributed by atoms with E-state index in [1.807, 2.05) is 6.07 Å². The number of phenols is 2. The first-order valence-electron chi connectivity index (χ1n) is 6.56. The van der Waals surface area contributed by atoms with Crippen molar-refractivity contribution in [2.75, 3.05) is 14.2 Å². The van der Waals surface area contributed by atoms with Crippen LogP contribution in [0.3, 0.4) is 0 Å². The monoisotopic (exact) mass is 303 g/mol. The SMILES string of the molecule is COc1ccc(CNC(=O)c2ccc(O)c(O)c2)cc1OC. The molecule has 0 aliphatic rings. The number of hydrogen-bond acceptors (Lipinski definition) is 5. The smallest absolute Gasteiger partial charge is 0.251 e. The Labute approximate surface area is 127 Å². The maximum absolute atomic E-state index is 12.0. The maximum atomic E-state index is 12.0. The summed E-state index contributed by atoms with van der Waals surface area (Å²) in [6, 6.07) is 9.24. The Morgan fingerprint density at radius 1 is 1.00 bits per heavy atom. The molecule has 6 heteroatoms. The van der Waals surface area contributed by atoms with Crippen molar-refractivity contribution in [2.45, 2.75) is 6.54 Å². The Hall–Kier alpha value is -2.89. The number of hydrogen-bond donors (Lipinski definition) is 3. The Morgan fingerprint density at radius 2 is 1.73 bits per heavy atom. The van der Waals surface area contributed by atoms with Crippen molar-refractivity contribution >= 4 is 5.91 Å². The minimum absolute atomic E-state index is 0.260. The number of aromatic hydroxyl groups is 2. The van der Waals surface area contributed by atoms with Gasteiger partial charge in [0.2, 0.25) is 0 Å². The van der Waals surface area contributed by atoms with Gasteiger partial charge < -0.3 is 25.0 Å². The predicted molar refractivity (Wildman–Crippen MR) is 80.5 cm³/mol. The van der Waals surface area contributed by atoms with Crippen molar-refractivity contribution in [3.63, 3.8) is 0 Å². The van der Waals surface area contributed by atoms with Crippen LogP contribution in [-0.2, 0) is 6.54 Å². The first-order valence-corrected chi connectivity index (χ1v) is 6.56. The van der Waals surface area contributed by atoms with Crippen molar-refractivity contribution in [3.8, 4) is 23.0 Å². The average Bonchev–Trinajstić information content (AvgIpc) is 2.54. The quantitative estimate of drug-likeness (QED) is 0.736. The number of ether oxygens (including phenoxy) is 2. The van der Waals surface area contributed by atoms with E-state index in [1.165, 1.54) is 18.2 Å². The third-order valence-corrected chi connectivity index (χ3v) is 3.14. The number of rotatable bonds is 5. The molecule has 0 aliphatic heterocycles. The maximum Gasteiger partial charge on any atom is 0.251 e. The molecule has 0 bridgehead atoms. The summed E-state index contributed by atoms with van der Waals surface area (Å²) in [6.45, 7) is 0.292. The number of phenolic OH excluding ortho intramolecular Hbond substituents is 2. The number of carbonyl (C=O) groups is 1. The molecule has 116 valence electrons. The normalized spacial score (nSPS) is 10.1. The summed E-state index contributed by atoms with van der Waals surface area (Å²) in [6.07, 6.45) is 0. The van der Waals surface area contributed by atoms with Crippen molar-refractivity contribution in [1.29, 1.82) is 0 Å². The van der Waals surface area contributed by atoms with Gasteiger partial charge in [-0.25, -0.2) is 0 Å². The van der Waals surface area contributed by atoms with E-state index in [0.717, 1.165) is 5.56 Å². The van der Waals surface area contributed by atoms with Crippen LogP contribution in [0, 0.1) is 0 Å². The van der Waals surface area contributed by atoms with Gasteiger partial charge in [0.15, 0.2) is 23.0 Å². The zero-order valence-corrected chi connectivity index (χ0v) is 12.3. The number of carbonyl (C=O) groups excluding carboxylic acids is 1. The summed E-state index contributed by atoms with van der Waals surface area (Å²) in [5, 5.41) is 21.4. The summed E-state index contributed by atoms with van der Waals surface area (Å²) in [5.41, 5.74) is 1.10. The number of benzene rings is 2. The van der Waals surface area contributed by atoms with E-state index in [4.69, 9.17) is 9.47 Å². The highest BCUT2D eigenvalue weighted by atomic mass is 16.5. The highest BCUT2D eigenvalue weighted by Gasteiger charge is 2.10. The van der Waals surface area contributed by atoms with E-state index in [2.05, 4.69) is 5.32 Å². The van der Waals surface area contributed by atoms with Gasteiger partial charge in [-0.2, -0.15) is 0 Å². The topological polar surface area (TPSA) is 88.0 Å². The van der Waals surface area contributed by atoms with E-state index in [9.17, 15) is 15.0 Å². The Morgan fingerprint density at radius 3 is 2.36 bits per heavy atom. The van der Waals surface area contributed by atoms with Crippen LogP contribution in [0.4, 0.5) is 0 Å². The van der Waals surface area contributed by atoms with Gasteiger partial charge in [0.1, 0.15) is 0 Å². The summed E-state index contributed by atoms with van der Waals surface area (Å²) in [5.74, 6) is 0.234. The first-order chi connectivity index (χ1) is 10.5. The largest absolute Gasteiger partial charge is 0.504 e. The van der Waals surface area contributed by atoms with E-state index >= 15 is 0 Å². The van der Waals surface area contributed by atoms with Crippen molar-refractivity contribution in [2.24, 2.45) is 0 Å². The first kappa shape index (κ1) is 15.5. The molecule has 0 fully saturated rings. The fourth-order valence-electron chi connectivity index (χ4n) is 1.94. The number of amides is 1. The van der Waals surface area contributed by atoms with Gasteiger partial charge in [-0.05, 0) is 35.9 Å². The predicted octanol–water partition coefficient (Wildman–Crippen LogP) is 2.04. The number of methoxy groups -OCH3 is 2. The third kappa shape index (κ3) is 3.41. The fraction of sp³-hybridized carbons (Fsp3) is 0.188. The Kier molecular flexibility index (Phi) is 4.73. The van der Waals surface area contributed by atoms with Crippen molar-refractivity contribution in [3.05, 3.63) is 47.5 Å². The van der Waals surface area contributed by atoms with Gasteiger partial charge in [0, 0.05) is 12.1 Å². The summed E-state index contributed by atoms with van der Waals surface area (Å²) < 4.78 is 10.3. The second-order valence-electron chi connectivity index (χ2n) is 4.58. The molecule has 1 amide bonds. The lowest BCUT2D eigenvalue weighted by molar-refractivity contribution is 0.0950. The van der Waals surface area contributed by atoms with Gasteiger partial charge in [-0.15, -0.1) is 0 Å². The van der Waals surface area contributed by atoms with Crippen LogP contribution in [0.2, 0.25) is 0 Å². The highest BCUT2D eigenvalue weighted by molar-refractivity contribution is 5.94. The second-order valence-corrected chi connectivity index (χ2v) is 4.58. The van der Waals surface area contributed by atoms with Gasteiger partial charge >= 0.3 is 0 Å². The molecule has 6 nitrogen and oxygen atoms in total. The molecule has 0 radical (unpaired) electrons. The van der Waals surface area contributed by atoms with E-state index in [-0.39, 0.29) is 23.0 Å². The molecule has 0 saturated heterocycles. The van der Waals surface area contributed by atoms with Gasteiger partial charge in [0.25, 0.3) is 5.91 Å². The Bertz CT molecular complexity index is 684. The van der Waals surface area contributed by atoms with Crippen molar-refractivity contribution in [1.82, 2.24) is 5.32 Å². The second kappa shape index (κ2) is 6.71. The van der Waals surface area contributed by atoms with Crippen LogP contribution >= 0.6 is 0 Å². The van der Waals surface area contributed by atoms with Crippen LogP contribution in [-0.4, -0.2) is 30.3 Å². The summed E-state index contributed by atoms with van der Waals surface area (Å²) >= 11 is 0. The Balaban J connectivity index is 2.06. The standard InChI is InChI=1S/C16H17NO5/c1-21-14-6-3-10(7-15(14)22-2)9-17-16(20)11-4-5-12(18)13(19)8-11/h3-8,18-19H,9H2,1-2H3,(H,17,20). The zero-order valence-electron chi connectivity index (χ0n) is 12.3. The van der Waals surface area contributed by atoms with E-state index in [1.54, 1.807) is 26.4 Å². The highest BCUT2D eigenvalue weighted by Crippen LogP contribution is 2.27. The van der Waals surface area contributed by atoms with Gasteiger partial charge in [-0.1, -0.05) is 6.07 Å². The van der Waals surface area contributed by atoms with Crippen LogP contribution in [0.15, 0.2) is 36.4 Å². The number of nitrogens with one attached hydrogen (secondary N) is 1. The molecule has 22 heavy (non-hydrogen) atoms. The molecular formula is C16H17NO5. The van der Waals surface area contributed by atoms with E-state index < -0.39 is 0 Å². The molecule has 0 aliphatic carbocycles. The van der Waals surface area contributed by atoms with Crippen molar-refractivity contribution < 1.29 is 24.5 Å². The van der Waals surface area contributed by atoms with Crippen LogP contribution in [0.25, 0.3) is 0 Å². The molecule has 0 atom stereocenters. The fourth-order valence-corrected chi connectivity index (χ4v) is 1.94. The lowest BCUT2D eigenvalue weighted by Crippen LogP contribution is -2.22. The van der Waals surface area contributed by atoms with Gasteiger partial charge in [0.05, 0.1) is 14.2 Å². The van der Waals surface area contributed by atoms with E-state index in [0.29, 0.717) is 18.0 Å². The molecule has 0 aromatic heterocycles. The molecule has 2 rings (SSSR count). The molecule has 0 spiro atoms. The molecule has 2 aromatic rings. The average molecular weight is 303 g/mol. The lowest BCUT2D eigenvalue weighted by atomic mass is 10.1. The molecule has 2 aromatic carbocycles. The van der Waals surface area contributed by atoms with Crippen LogP contribution in [0.1, 0.15) is 15.9 Å². The van der Waals surface area contributed by atoms with Crippen LogP contribution < -0.4 is 14.8 Å². The molecule has 0 heterocycles. The minimum Gasteiger partial charge on any atom is -0.504 e. The molecule has 0 saturated carbocycles. The summed E-state index contributed by atoms with van der Waals surface area (Å²) in [7, 11) is 3.09. The molecular weight excluding hydrogens is 286 g/mol. The minimum atomic E-state index is -0.356. The molecule has 3 N–H and O–H groups in total.